The molecule has 3 rings (SSSR count). The predicted octanol–water partition coefficient (Wildman–Crippen LogP) is 1.17. The van der Waals surface area contributed by atoms with Crippen molar-refractivity contribution < 1.29 is 20.1 Å². The maximum Gasteiger partial charge on any atom is 0.259 e. The number of phenols is 1. The largest absolute Gasteiger partial charge is 0.508 e. The highest BCUT2D eigenvalue weighted by Crippen LogP contribution is 2.21. The number of rotatable bonds is 6. The molecule has 8 heteroatoms. The second-order valence-electron chi connectivity index (χ2n) is 6.90. The van der Waals surface area contributed by atoms with Gasteiger partial charge < -0.3 is 25.6 Å². The molecule has 150 valence electrons. The number of amides is 1. The van der Waals surface area contributed by atoms with Crippen molar-refractivity contribution in [2.45, 2.75) is 12.5 Å². The Bertz CT molecular complexity index is 1120. The van der Waals surface area contributed by atoms with Crippen LogP contribution >= 0.6 is 0 Å². The van der Waals surface area contributed by atoms with Crippen LogP contribution in [0.2, 0.25) is 0 Å². The Morgan fingerprint density at radius 1 is 1.17 bits per heavy atom. The summed E-state index contributed by atoms with van der Waals surface area (Å²) in [7, 11) is 0. The van der Waals surface area contributed by atoms with E-state index in [1.165, 1.54) is 31.2 Å². The van der Waals surface area contributed by atoms with Crippen molar-refractivity contribution >= 4 is 22.9 Å². The van der Waals surface area contributed by atoms with Crippen molar-refractivity contribution in [2.75, 3.05) is 13.2 Å². The van der Waals surface area contributed by atoms with Crippen LogP contribution in [0.15, 0.2) is 53.3 Å². The molecule has 0 aliphatic carbocycles. The van der Waals surface area contributed by atoms with Gasteiger partial charge in [0.15, 0.2) is 0 Å². The number of aliphatic hydroxyl groups is 2. The zero-order chi connectivity index (χ0) is 21.0. The van der Waals surface area contributed by atoms with Gasteiger partial charge in [-0.2, -0.15) is 0 Å². The number of carbonyl (C=O) groups is 1. The Balaban J connectivity index is 1.99. The van der Waals surface area contributed by atoms with Gasteiger partial charge in [-0.3, -0.25) is 9.59 Å². The molecule has 0 unspecified atom stereocenters. The summed E-state index contributed by atoms with van der Waals surface area (Å²) >= 11 is 0. The van der Waals surface area contributed by atoms with Crippen LogP contribution in [0.5, 0.6) is 5.75 Å². The predicted molar refractivity (Wildman–Crippen MR) is 109 cm³/mol. The Morgan fingerprint density at radius 3 is 2.52 bits per heavy atom. The van der Waals surface area contributed by atoms with Gasteiger partial charge in [-0.15, -0.1) is 0 Å². The van der Waals surface area contributed by atoms with E-state index in [2.05, 4.69) is 15.3 Å². The molecule has 1 amide bonds. The van der Waals surface area contributed by atoms with Crippen molar-refractivity contribution in [1.82, 2.24) is 15.3 Å². The highest BCUT2D eigenvalue weighted by atomic mass is 16.3. The van der Waals surface area contributed by atoms with Crippen molar-refractivity contribution in [2.24, 2.45) is 0 Å². The first-order valence-corrected chi connectivity index (χ1v) is 8.89. The smallest absolute Gasteiger partial charge is 0.259 e. The quantitative estimate of drug-likeness (QED) is 0.398. The molecule has 0 saturated heterocycles. The number of H-pyrrole nitrogens is 1. The monoisotopic (exact) mass is 395 g/mol. The number of aliphatic hydroxyl groups excluding tert-OH is 2. The molecule has 1 aromatic heterocycles. The van der Waals surface area contributed by atoms with Gasteiger partial charge in [-0.05, 0) is 43.3 Å². The molecule has 8 nitrogen and oxygen atoms in total. The van der Waals surface area contributed by atoms with E-state index in [1.54, 1.807) is 30.3 Å². The Labute approximate surface area is 166 Å². The van der Waals surface area contributed by atoms with E-state index in [-0.39, 0.29) is 11.3 Å². The molecular weight excluding hydrogens is 374 g/mol. The second kappa shape index (κ2) is 8.26. The molecule has 0 bridgehead atoms. The van der Waals surface area contributed by atoms with E-state index in [0.29, 0.717) is 27.9 Å². The molecule has 0 fully saturated rings. The zero-order valence-corrected chi connectivity index (χ0v) is 15.7. The van der Waals surface area contributed by atoms with Gasteiger partial charge in [0.1, 0.15) is 11.6 Å². The molecule has 0 aliphatic rings. The molecule has 0 spiro atoms. The summed E-state index contributed by atoms with van der Waals surface area (Å²) in [4.78, 5) is 31.9. The molecule has 29 heavy (non-hydrogen) atoms. The lowest BCUT2D eigenvalue weighted by Crippen LogP contribution is -2.51. The van der Waals surface area contributed by atoms with Gasteiger partial charge in [0.2, 0.25) is 5.91 Å². The van der Waals surface area contributed by atoms with E-state index < -0.39 is 24.7 Å². The lowest BCUT2D eigenvalue weighted by molar-refractivity contribution is -0.119. The molecule has 3 aromatic rings. The number of hydrogen-bond acceptors (Lipinski definition) is 6. The number of aromatic amines is 1. The minimum absolute atomic E-state index is 0.101. The maximum atomic E-state index is 12.5. The maximum absolute atomic E-state index is 12.5. The molecule has 0 atom stereocenters. The Morgan fingerprint density at radius 2 is 1.86 bits per heavy atom. The van der Waals surface area contributed by atoms with Gasteiger partial charge in [0, 0.05) is 17.2 Å². The van der Waals surface area contributed by atoms with Crippen LogP contribution in [0.4, 0.5) is 0 Å². The van der Waals surface area contributed by atoms with Gasteiger partial charge in [0.05, 0.1) is 29.7 Å². The fourth-order valence-corrected chi connectivity index (χ4v) is 2.71. The normalized spacial score (nSPS) is 11.8. The van der Waals surface area contributed by atoms with Crippen LogP contribution in [0, 0.1) is 0 Å². The van der Waals surface area contributed by atoms with Crippen LogP contribution in [0.3, 0.4) is 0 Å². The van der Waals surface area contributed by atoms with E-state index in [0.717, 1.165) is 0 Å². The van der Waals surface area contributed by atoms with E-state index in [1.807, 2.05) is 0 Å². The standard InChI is InChI=1S/C21H21N3O5/c1-21(11-25,12-26)24-17(28)10-7-13-3-2-4-16-18(13)22-19(23-20(16)29)14-5-8-15(27)9-6-14/h2-10,25-27H,11-12H2,1H3,(H,24,28)(H,22,23,29)/b10-7+. The van der Waals surface area contributed by atoms with E-state index in [4.69, 9.17) is 0 Å². The van der Waals surface area contributed by atoms with Crippen LogP contribution in [0.25, 0.3) is 28.4 Å². The lowest BCUT2D eigenvalue weighted by Gasteiger charge is -2.25. The minimum atomic E-state index is -1.14. The van der Waals surface area contributed by atoms with Gasteiger partial charge in [-0.25, -0.2) is 4.98 Å². The first-order chi connectivity index (χ1) is 13.8. The van der Waals surface area contributed by atoms with Crippen LogP contribution < -0.4 is 10.9 Å². The first kappa shape index (κ1) is 20.2. The first-order valence-electron chi connectivity index (χ1n) is 8.89. The number of para-hydroxylation sites is 1. The number of nitrogens with zero attached hydrogens (tertiary/aromatic N) is 1. The highest BCUT2D eigenvalue weighted by molar-refractivity contribution is 5.95. The molecule has 5 N–H and O–H groups in total. The third-order valence-electron chi connectivity index (χ3n) is 4.45. The van der Waals surface area contributed by atoms with Gasteiger partial charge in [-0.1, -0.05) is 12.1 Å². The highest BCUT2D eigenvalue weighted by Gasteiger charge is 2.23. The summed E-state index contributed by atoms with van der Waals surface area (Å²) in [5.41, 5.74) is 0.126. The van der Waals surface area contributed by atoms with Crippen LogP contribution in [-0.4, -0.2) is 49.9 Å². The van der Waals surface area contributed by atoms with E-state index >= 15 is 0 Å². The fourth-order valence-electron chi connectivity index (χ4n) is 2.71. The van der Waals surface area contributed by atoms with Crippen molar-refractivity contribution in [3.05, 3.63) is 64.5 Å². The third-order valence-corrected chi connectivity index (χ3v) is 4.45. The number of carbonyl (C=O) groups excluding carboxylic acids is 1. The summed E-state index contributed by atoms with van der Waals surface area (Å²) in [6.07, 6.45) is 2.77. The number of fused-ring (bicyclic) bond motifs is 1. The van der Waals surface area contributed by atoms with Crippen molar-refractivity contribution in [1.29, 1.82) is 0 Å². The molecule has 2 aromatic carbocycles. The summed E-state index contributed by atoms with van der Waals surface area (Å²) in [6.45, 7) is 0.691. The van der Waals surface area contributed by atoms with Crippen molar-refractivity contribution in [3.63, 3.8) is 0 Å². The van der Waals surface area contributed by atoms with Crippen LogP contribution in [0.1, 0.15) is 12.5 Å². The number of benzene rings is 2. The molecule has 0 aliphatic heterocycles. The van der Waals surface area contributed by atoms with Crippen LogP contribution in [-0.2, 0) is 4.79 Å². The number of phenolic OH excluding ortho intramolecular Hbond substituents is 1. The second-order valence-corrected chi connectivity index (χ2v) is 6.90. The molecular formula is C21H21N3O5. The average molecular weight is 395 g/mol. The third kappa shape index (κ3) is 4.50. The number of aromatic nitrogens is 2. The zero-order valence-electron chi connectivity index (χ0n) is 15.7. The summed E-state index contributed by atoms with van der Waals surface area (Å²) < 4.78 is 0. The van der Waals surface area contributed by atoms with Gasteiger partial charge >= 0.3 is 0 Å². The fraction of sp³-hybridized carbons (Fsp3) is 0.190. The SMILES string of the molecule is CC(CO)(CO)NC(=O)/C=C/c1cccc2c(=O)[nH]c(-c3ccc(O)cc3)nc12. The summed E-state index contributed by atoms with van der Waals surface area (Å²) in [6, 6.07) is 11.3. The number of hydrogen-bond donors (Lipinski definition) is 5. The van der Waals surface area contributed by atoms with Gasteiger partial charge in [0.25, 0.3) is 5.56 Å². The van der Waals surface area contributed by atoms with Crippen molar-refractivity contribution in [3.8, 4) is 17.1 Å². The summed E-state index contributed by atoms with van der Waals surface area (Å²) in [5, 5.41) is 30.9. The Hall–Kier alpha value is -3.49. The van der Waals surface area contributed by atoms with E-state index in [9.17, 15) is 24.9 Å². The number of nitrogens with one attached hydrogen (secondary N) is 2. The summed E-state index contributed by atoms with van der Waals surface area (Å²) in [5.74, 6) is -0.0681. The topological polar surface area (TPSA) is 136 Å². The molecule has 0 saturated carbocycles. The molecule has 1 heterocycles. The lowest BCUT2D eigenvalue weighted by atomic mass is 10.1. The minimum Gasteiger partial charge on any atom is -0.508 e. The average Bonchev–Trinajstić information content (AvgIpc) is 2.72. The Kier molecular flexibility index (Phi) is 5.76. The molecule has 0 radical (unpaired) electrons. The number of aromatic hydroxyl groups is 1.